The summed E-state index contributed by atoms with van der Waals surface area (Å²) < 4.78 is 15.0. The summed E-state index contributed by atoms with van der Waals surface area (Å²) in [6.45, 7) is 0.766. The van der Waals surface area contributed by atoms with Crippen molar-refractivity contribution in [3.05, 3.63) is 18.2 Å². The third-order valence-electron chi connectivity index (χ3n) is 2.63. The van der Waals surface area contributed by atoms with Gasteiger partial charge in [0.05, 0.1) is 26.5 Å². The number of carbonyl (C=O) groups is 2. The van der Waals surface area contributed by atoms with Crippen molar-refractivity contribution in [3.63, 3.8) is 0 Å². The Kier molecular flexibility index (Phi) is 7.03. The van der Waals surface area contributed by atoms with Crippen LogP contribution in [0.2, 0.25) is 0 Å². The highest BCUT2D eigenvalue weighted by molar-refractivity contribution is 6.04. The highest BCUT2D eigenvalue weighted by Gasteiger charge is 2.12. The lowest BCUT2D eigenvalue weighted by Gasteiger charge is -2.11. The number of benzene rings is 1. The fourth-order valence-corrected chi connectivity index (χ4v) is 1.61. The Morgan fingerprint density at radius 2 is 1.86 bits per heavy atom. The Morgan fingerprint density at radius 3 is 2.48 bits per heavy atom. The molecule has 7 heteroatoms. The highest BCUT2D eigenvalue weighted by atomic mass is 16.5. The number of carbonyl (C=O) groups excluding carboxylic acids is 2. The van der Waals surface area contributed by atoms with E-state index in [0.717, 1.165) is 0 Å². The molecule has 0 heterocycles. The second-order valence-electron chi connectivity index (χ2n) is 4.13. The SMILES string of the molecule is COCCNC(=O)CC(=O)Nc1cc(OC)ccc1OC. The third-order valence-corrected chi connectivity index (χ3v) is 2.63. The van der Waals surface area contributed by atoms with E-state index in [4.69, 9.17) is 14.2 Å². The van der Waals surface area contributed by atoms with Gasteiger partial charge in [-0.2, -0.15) is 0 Å². The van der Waals surface area contributed by atoms with Crippen LogP contribution >= 0.6 is 0 Å². The molecule has 116 valence electrons. The largest absolute Gasteiger partial charge is 0.497 e. The summed E-state index contributed by atoms with van der Waals surface area (Å²) in [6.07, 6.45) is -0.274. The number of hydrogen-bond acceptors (Lipinski definition) is 5. The molecule has 0 radical (unpaired) electrons. The molecule has 0 saturated carbocycles. The molecule has 7 nitrogen and oxygen atoms in total. The molecule has 0 aliphatic carbocycles. The zero-order valence-electron chi connectivity index (χ0n) is 12.4. The van der Waals surface area contributed by atoms with Gasteiger partial charge in [-0.3, -0.25) is 9.59 Å². The molecule has 0 unspecified atom stereocenters. The quantitative estimate of drug-likeness (QED) is 0.547. The molecule has 0 spiro atoms. The lowest BCUT2D eigenvalue weighted by atomic mass is 10.2. The third kappa shape index (κ3) is 5.70. The van der Waals surface area contributed by atoms with Crippen molar-refractivity contribution in [2.75, 3.05) is 39.8 Å². The minimum absolute atomic E-state index is 0.274. The van der Waals surface area contributed by atoms with Crippen LogP contribution < -0.4 is 20.1 Å². The Labute approximate surface area is 123 Å². The monoisotopic (exact) mass is 296 g/mol. The minimum atomic E-state index is -0.434. The number of rotatable bonds is 8. The van der Waals surface area contributed by atoms with Crippen molar-refractivity contribution in [1.29, 1.82) is 0 Å². The molecule has 1 aromatic rings. The molecule has 0 fully saturated rings. The number of amides is 2. The summed E-state index contributed by atoms with van der Waals surface area (Å²) in [5.41, 5.74) is 0.451. The summed E-state index contributed by atoms with van der Waals surface area (Å²) in [5, 5.41) is 5.19. The first-order valence-electron chi connectivity index (χ1n) is 6.38. The summed E-state index contributed by atoms with van der Waals surface area (Å²) >= 11 is 0. The van der Waals surface area contributed by atoms with Crippen molar-refractivity contribution < 1.29 is 23.8 Å². The van der Waals surface area contributed by atoms with Gasteiger partial charge in [-0.15, -0.1) is 0 Å². The average molecular weight is 296 g/mol. The van der Waals surface area contributed by atoms with Crippen molar-refractivity contribution >= 4 is 17.5 Å². The van der Waals surface area contributed by atoms with Crippen molar-refractivity contribution in [1.82, 2.24) is 5.32 Å². The van der Waals surface area contributed by atoms with Crippen LogP contribution in [0.5, 0.6) is 11.5 Å². The van der Waals surface area contributed by atoms with Gasteiger partial charge < -0.3 is 24.8 Å². The van der Waals surface area contributed by atoms with Crippen LogP contribution in [0.15, 0.2) is 18.2 Å². The van der Waals surface area contributed by atoms with E-state index in [9.17, 15) is 9.59 Å². The van der Waals surface area contributed by atoms with Crippen LogP contribution in [0.1, 0.15) is 6.42 Å². The number of nitrogens with one attached hydrogen (secondary N) is 2. The second kappa shape index (κ2) is 8.80. The second-order valence-corrected chi connectivity index (χ2v) is 4.13. The van der Waals surface area contributed by atoms with E-state index in [2.05, 4.69) is 10.6 Å². The summed E-state index contributed by atoms with van der Waals surface area (Å²) in [7, 11) is 4.56. The number of anilines is 1. The first kappa shape index (κ1) is 16.8. The number of methoxy groups -OCH3 is 3. The highest BCUT2D eigenvalue weighted by Crippen LogP contribution is 2.28. The standard InChI is InChI=1S/C14H20N2O5/c1-19-7-6-15-13(17)9-14(18)16-11-8-10(20-2)4-5-12(11)21-3/h4-5,8H,6-7,9H2,1-3H3,(H,15,17)(H,16,18). The maximum Gasteiger partial charge on any atom is 0.233 e. The van der Waals surface area contributed by atoms with Gasteiger partial charge in [0.15, 0.2) is 0 Å². The van der Waals surface area contributed by atoms with Crippen molar-refractivity contribution in [2.45, 2.75) is 6.42 Å². The molecule has 2 N–H and O–H groups in total. The molecule has 0 bridgehead atoms. The molecule has 0 atom stereocenters. The predicted molar refractivity (Wildman–Crippen MR) is 77.7 cm³/mol. The zero-order valence-corrected chi connectivity index (χ0v) is 12.4. The van der Waals surface area contributed by atoms with E-state index in [1.54, 1.807) is 18.2 Å². The first-order chi connectivity index (χ1) is 10.1. The summed E-state index contributed by atoms with van der Waals surface area (Å²) in [5.74, 6) is 0.266. The Morgan fingerprint density at radius 1 is 1.10 bits per heavy atom. The van der Waals surface area contributed by atoms with E-state index in [1.807, 2.05) is 0 Å². The van der Waals surface area contributed by atoms with Gasteiger partial charge in [-0.25, -0.2) is 0 Å². The van der Waals surface area contributed by atoms with Gasteiger partial charge in [0.25, 0.3) is 0 Å². The lowest BCUT2D eigenvalue weighted by molar-refractivity contribution is -0.126. The average Bonchev–Trinajstić information content (AvgIpc) is 2.47. The van der Waals surface area contributed by atoms with Crippen LogP contribution in [0.25, 0.3) is 0 Å². The Hall–Kier alpha value is -2.28. The smallest absolute Gasteiger partial charge is 0.233 e. The Balaban J connectivity index is 2.59. The van der Waals surface area contributed by atoms with Gasteiger partial charge in [0.1, 0.15) is 17.9 Å². The zero-order chi connectivity index (χ0) is 15.7. The number of hydrogen-bond donors (Lipinski definition) is 2. The van der Waals surface area contributed by atoms with Gasteiger partial charge in [0, 0.05) is 19.7 Å². The predicted octanol–water partition coefficient (Wildman–Crippen LogP) is 0.795. The molecule has 21 heavy (non-hydrogen) atoms. The normalized spacial score (nSPS) is 9.86. The first-order valence-corrected chi connectivity index (χ1v) is 6.38. The van der Waals surface area contributed by atoms with Gasteiger partial charge in [0.2, 0.25) is 11.8 Å². The van der Waals surface area contributed by atoms with E-state index < -0.39 is 5.91 Å². The minimum Gasteiger partial charge on any atom is -0.497 e. The Bertz CT molecular complexity index is 490. The van der Waals surface area contributed by atoms with Gasteiger partial charge in [-0.1, -0.05) is 0 Å². The van der Waals surface area contributed by atoms with E-state index in [0.29, 0.717) is 30.3 Å². The molecular formula is C14H20N2O5. The number of ether oxygens (including phenoxy) is 3. The lowest BCUT2D eigenvalue weighted by Crippen LogP contribution is -2.30. The van der Waals surface area contributed by atoms with Crippen molar-refractivity contribution in [2.24, 2.45) is 0 Å². The molecule has 0 saturated heterocycles. The van der Waals surface area contributed by atoms with E-state index >= 15 is 0 Å². The molecule has 0 aromatic heterocycles. The van der Waals surface area contributed by atoms with E-state index in [1.165, 1.54) is 21.3 Å². The fraction of sp³-hybridized carbons (Fsp3) is 0.429. The fourth-order valence-electron chi connectivity index (χ4n) is 1.61. The topological polar surface area (TPSA) is 85.9 Å². The van der Waals surface area contributed by atoms with Crippen LogP contribution in [-0.2, 0) is 14.3 Å². The maximum atomic E-state index is 11.8. The molecule has 1 aromatic carbocycles. The molecular weight excluding hydrogens is 276 g/mol. The van der Waals surface area contributed by atoms with Crippen LogP contribution in [0, 0.1) is 0 Å². The van der Waals surface area contributed by atoms with Crippen LogP contribution in [-0.4, -0.2) is 46.3 Å². The van der Waals surface area contributed by atoms with Gasteiger partial charge >= 0.3 is 0 Å². The molecule has 0 aliphatic heterocycles. The molecule has 1 rings (SSSR count). The van der Waals surface area contributed by atoms with Crippen LogP contribution in [0.3, 0.4) is 0 Å². The molecule has 0 aliphatic rings. The molecule has 2 amide bonds. The van der Waals surface area contributed by atoms with E-state index in [-0.39, 0.29) is 12.3 Å². The van der Waals surface area contributed by atoms with Gasteiger partial charge in [-0.05, 0) is 12.1 Å². The summed E-state index contributed by atoms with van der Waals surface area (Å²) in [4.78, 5) is 23.3. The maximum absolute atomic E-state index is 11.8. The summed E-state index contributed by atoms with van der Waals surface area (Å²) in [6, 6.07) is 5.01. The van der Waals surface area contributed by atoms with Crippen molar-refractivity contribution in [3.8, 4) is 11.5 Å². The van der Waals surface area contributed by atoms with Crippen LogP contribution in [0.4, 0.5) is 5.69 Å².